The van der Waals surface area contributed by atoms with Crippen molar-refractivity contribution in [3.8, 4) is 5.75 Å². The molecular weight excluding hydrogens is 488 g/mol. The lowest BCUT2D eigenvalue weighted by atomic mass is 10.1. The normalized spacial score (nSPS) is 18.8. The van der Waals surface area contributed by atoms with E-state index >= 15 is 0 Å². The van der Waals surface area contributed by atoms with Crippen molar-refractivity contribution in [2.24, 2.45) is 22.9 Å². The van der Waals surface area contributed by atoms with Crippen molar-refractivity contribution in [1.29, 1.82) is 0 Å². The van der Waals surface area contributed by atoms with Crippen molar-refractivity contribution in [2.45, 2.75) is 32.6 Å². The van der Waals surface area contributed by atoms with Crippen LogP contribution in [0, 0.1) is 16.7 Å². The third kappa shape index (κ3) is 5.92. The van der Waals surface area contributed by atoms with Gasteiger partial charge in [-0.25, -0.2) is 25.3 Å². The third-order valence-corrected chi connectivity index (χ3v) is 6.31. The van der Waals surface area contributed by atoms with Gasteiger partial charge in [0.25, 0.3) is 5.91 Å². The van der Waals surface area contributed by atoms with E-state index in [1.165, 1.54) is 24.7 Å². The first kappa shape index (κ1) is 25.4. The number of nitroso groups, excluding NO2 is 1. The topological polar surface area (TPSA) is 138 Å². The van der Waals surface area contributed by atoms with E-state index in [1.54, 1.807) is 48.5 Å². The summed E-state index contributed by atoms with van der Waals surface area (Å²) >= 11 is 5.99. The van der Waals surface area contributed by atoms with Gasteiger partial charge in [-0.05, 0) is 60.7 Å². The molecule has 1 heterocycles. The Kier molecular flexibility index (Phi) is 7.70. The minimum Gasteiger partial charge on any atom is -0.493 e. The van der Waals surface area contributed by atoms with Crippen LogP contribution in [0.15, 0.2) is 53.7 Å². The van der Waals surface area contributed by atoms with E-state index in [0.717, 1.165) is 21.2 Å². The number of carbonyl (C=O) groups is 3. The molecule has 4 rings (SSSR count). The number of anilines is 1. The smallest absolute Gasteiger partial charge is 0.345 e. The lowest BCUT2D eigenvalue weighted by Gasteiger charge is -2.45. The van der Waals surface area contributed by atoms with E-state index in [9.17, 15) is 19.3 Å². The molecule has 11 nitrogen and oxygen atoms in total. The molecule has 3 N–H and O–H groups in total. The van der Waals surface area contributed by atoms with Crippen LogP contribution in [0.5, 0.6) is 5.75 Å². The molecule has 0 bridgehead atoms. The number of nitrogens with zero attached hydrogens (tertiary/aromatic N) is 4. The molecule has 2 aromatic rings. The predicted molar refractivity (Wildman–Crippen MR) is 133 cm³/mol. The van der Waals surface area contributed by atoms with E-state index in [-0.39, 0.29) is 13.1 Å². The Morgan fingerprint density at radius 2 is 1.81 bits per heavy atom. The number of hydrazine groups is 1. The van der Waals surface area contributed by atoms with E-state index < -0.39 is 30.2 Å². The number of ether oxygens (including phenoxy) is 1. The summed E-state index contributed by atoms with van der Waals surface area (Å²) in [6.07, 6.45) is 1.34. The van der Waals surface area contributed by atoms with Crippen molar-refractivity contribution in [1.82, 2.24) is 14.8 Å². The van der Waals surface area contributed by atoms with Crippen molar-refractivity contribution in [3.05, 3.63) is 64.0 Å². The van der Waals surface area contributed by atoms with Crippen LogP contribution in [-0.4, -0.2) is 52.2 Å². The average molecular weight is 515 g/mol. The minimum atomic E-state index is -1.04. The van der Waals surface area contributed by atoms with Gasteiger partial charge in [-0.3, -0.25) is 9.69 Å². The SMILES string of the molecule is C[C@@H](CN1C(=O)N(N)C(Nc2ccc(OCC3CC3)cc2)N(Cc2ccc(Cl)cc2)C1=O)C(=O)N=O. The van der Waals surface area contributed by atoms with Gasteiger partial charge in [0.15, 0.2) is 0 Å². The van der Waals surface area contributed by atoms with Crippen molar-refractivity contribution < 1.29 is 19.1 Å². The van der Waals surface area contributed by atoms with Gasteiger partial charge in [-0.1, -0.05) is 30.7 Å². The fourth-order valence-corrected chi connectivity index (χ4v) is 3.84. The first-order valence-corrected chi connectivity index (χ1v) is 11.9. The summed E-state index contributed by atoms with van der Waals surface area (Å²) in [7, 11) is 0. The molecular formula is C24H27ClN6O5. The maximum Gasteiger partial charge on any atom is 0.345 e. The molecule has 36 heavy (non-hydrogen) atoms. The van der Waals surface area contributed by atoms with Crippen molar-refractivity contribution in [3.63, 3.8) is 0 Å². The van der Waals surface area contributed by atoms with Gasteiger partial charge in [-0.15, -0.1) is 4.91 Å². The van der Waals surface area contributed by atoms with Crippen molar-refractivity contribution >= 4 is 35.3 Å². The lowest BCUT2D eigenvalue weighted by Crippen LogP contribution is -2.70. The van der Waals surface area contributed by atoms with Crippen LogP contribution in [0.1, 0.15) is 25.3 Å². The van der Waals surface area contributed by atoms with E-state index in [2.05, 4.69) is 10.5 Å². The molecule has 190 valence electrons. The minimum absolute atomic E-state index is 0.0853. The summed E-state index contributed by atoms with van der Waals surface area (Å²) in [5.74, 6) is 5.56. The molecule has 12 heteroatoms. The zero-order valence-corrected chi connectivity index (χ0v) is 20.4. The van der Waals surface area contributed by atoms with Crippen molar-refractivity contribution in [2.75, 3.05) is 18.5 Å². The zero-order valence-electron chi connectivity index (χ0n) is 19.7. The van der Waals surface area contributed by atoms with E-state index in [0.29, 0.717) is 23.2 Å². The first-order chi connectivity index (χ1) is 17.3. The number of nitrogens with one attached hydrogen (secondary N) is 1. The van der Waals surface area contributed by atoms with Gasteiger partial charge >= 0.3 is 12.1 Å². The quantitative estimate of drug-likeness (QED) is 0.278. The Labute approximate surface area is 213 Å². The highest BCUT2D eigenvalue weighted by atomic mass is 35.5. The third-order valence-electron chi connectivity index (χ3n) is 6.05. The first-order valence-electron chi connectivity index (χ1n) is 11.5. The molecule has 0 aromatic heterocycles. The number of halogens is 1. The molecule has 1 aliphatic heterocycles. The van der Waals surface area contributed by atoms with Crippen LogP contribution in [0.3, 0.4) is 0 Å². The second kappa shape index (κ2) is 10.9. The van der Waals surface area contributed by atoms with Gasteiger partial charge in [0, 0.05) is 22.4 Å². The molecule has 1 aliphatic carbocycles. The number of hydrogen-bond donors (Lipinski definition) is 2. The number of carbonyl (C=O) groups excluding carboxylic acids is 3. The molecule has 2 atom stereocenters. The number of amides is 5. The van der Waals surface area contributed by atoms with Gasteiger partial charge < -0.3 is 10.1 Å². The highest BCUT2D eigenvalue weighted by Gasteiger charge is 2.44. The molecule has 2 aliphatic rings. The summed E-state index contributed by atoms with van der Waals surface area (Å²) in [6.45, 7) is 1.83. The Morgan fingerprint density at radius 1 is 1.14 bits per heavy atom. The van der Waals surface area contributed by atoms with Gasteiger partial charge in [0.2, 0.25) is 6.29 Å². The average Bonchev–Trinajstić information content (AvgIpc) is 3.72. The molecule has 1 unspecified atom stereocenters. The van der Waals surface area contributed by atoms with Crippen LogP contribution >= 0.6 is 11.6 Å². The van der Waals surface area contributed by atoms with Crippen LogP contribution in [0.4, 0.5) is 15.3 Å². The number of hydrogen-bond acceptors (Lipinski definition) is 7. The fourth-order valence-electron chi connectivity index (χ4n) is 3.72. The fraction of sp³-hybridized carbons (Fsp3) is 0.375. The van der Waals surface area contributed by atoms with Crippen LogP contribution in [0.2, 0.25) is 5.02 Å². The molecule has 2 aromatic carbocycles. The lowest BCUT2D eigenvalue weighted by molar-refractivity contribution is -0.121. The molecule has 5 amide bonds. The number of nitrogens with two attached hydrogens (primary N) is 1. The summed E-state index contributed by atoms with van der Waals surface area (Å²) < 4.78 is 5.76. The molecule has 1 saturated heterocycles. The number of rotatable bonds is 10. The summed E-state index contributed by atoms with van der Waals surface area (Å²) in [5, 5.41) is 6.93. The van der Waals surface area contributed by atoms with Crippen LogP contribution in [-0.2, 0) is 11.3 Å². The van der Waals surface area contributed by atoms with Gasteiger partial charge in [0.1, 0.15) is 5.75 Å². The summed E-state index contributed by atoms with van der Waals surface area (Å²) in [6, 6.07) is 12.5. The monoisotopic (exact) mass is 514 g/mol. The summed E-state index contributed by atoms with van der Waals surface area (Å²) in [5.41, 5.74) is 1.35. The van der Waals surface area contributed by atoms with E-state index in [4.69, 9.17) is 22.2 Å². The molecule has 0 radical (unpaired) electrons. The number of benzene rings is 2. The molecule has 0 spiro atoms. The number of imide groups is 1. The largest absolute Gasteiger partial charge is 0.493 e. The van der Waals surface area contributed by atoms with Crippen LogP contribution < -0.4 is 15.9 Å². The van der Waals surface area contributed by atoms with E-state index in [1.807, 2.05) is 0 Å². The standard InChI is InChI=1S/C24H27ClN6O5/c1-15(21(32)28-35)12-30-23(33)29(13-16-4-6-18(25)7-5-16)22(31(26)24(30)34)27-19-8-10-20(11-9-19)36-14-17-2-3-17/h4-11,15,17,22,27H,2-3,12-14,26H2,1H3/t15-,22?/m0/s1. The Bertz CT molecular complexity index is 1120. The maximum absolute atomic E-state index is 13.5. The number of urea groups is 2. The Morgan fingerprint density at radius 3 is 2.42 bits per heavy atom. The molecule has 1 saturated carbocycles. The Hall–Kier alpha value is -3.70. The van der Waals surface area contributed by atoms with Gasteiger partial charge in [0.05, 0.1) is 19.1 Å². The van der Waals surface area contributed by atoms with Gasteiger partial charge in [-0.2, -0.15) is 0 Å². The second-order valence-electron chi connectivity index (χ2n) is 8.96. The maximum atomic E-state index is 13.5. The molecule has 2 fully saturated rings. The highest BCUT2D eigenvalue weighted by molar-refractivity contribution is 6.30. The Balaban J connectivity index is 1.56. The zero-order chi connectivity index (χ0) is 25.8. The second-order valence-corrected chi connectivity index (χ2v) is 9.40. The highest BCUT2D eigenvalue weighted by Crippen LogP contribution is 2.30. The summed E-state index contributed by atoms with van der Waals surface area (Å²) in [4.78, 5) is 51.0. The van der Waals surface area contributed by atoms with Crippen LogP contribution in [0.25, 0.3) is 0 Å². The predicted octanol–water partition coefficient (Wildman–Crippen LogP) is 3.99.